The molecule has 0 saturated heterocycles. The van der Waals surface area contributed by atoms with Gasteiger partial charge >= 0.3 is 5.91 Å². The summed E-state index contributed by atoms with van der Waals surface area (Å²) in [5.41, 5.74) is 5.04. The molecule has 0 bridgehead atoms. The zero-order chi connectivity index (χ0) is 21.8. The number of furan rings is 1. The summed E-state index contributed by atoms with van der Waals surface area (Å²) in [5.74, 6) is 0.484. The number of amides is 1. The number of benzene rings is 4. The Balaban J connectivity index is 1.29. The summed E-state index contributed by atoms with van der Waals surface area (Å²) in [4.78, 5) is 12.4. The lowest BCUT2D eigenvalue weighted by Crippen LogP contribution is -2.16. The largest absolute Gasteiger partial charge is 0.488 e. The first-order valence-electron chi connectivity index (χ1n) is 10.3. The Kier molecular flexibility index (Phi) is 5.37. The van der Waals surface area contributed by atoms with Gasteiger partial charge < -0.3 is 9.15 Å². The van der Waals surface area contributed by atoms with E-state index in [1.54, 1.807) is 12.3 Å². The van der Waals surface area contributed by atoms with Crippen LogP contribution in [0.2, 0.25) is 0 Å². The van der Waals surface area contributed by atoms with Gasteiger partial charge in [0.2, 0.25) is 0 Å². The topological polar surface area (TPSA) is 63.8 Å². The zero-order valence-corrected chi connectivity index (χ0v) is 17.2. The Morgan fingerprint density at radius 3 is 2.53 bits per heavy atom. The molecule has 32 heavy (non-hydrogen) atoms. The molecule has 5 heteroatoms. The molecular weight excluding hydrogens is 400 g/mol. The molecule has 0 atom stereocenters. The van der Waals surface area contributed by atoms with E-state index in [1.165, 1.54) is 10.8 Å². The second-order valence-corrected chi connectivity index (χ2v) is 7.31. The van der Waals surface area contributed by atoms with Crippen LogP contribution in [0.1, 0.15) is 21.7 Å². The number of fused-ring (bicyclic) bond motifs is 2. The standard InChI is InChI=1S/C27H20N2O3/c30-27(26-16-20-9-2-6-15-25(20)32-26)29-28-17-21-10-3-5-14-24(21)31-18-22-12-7-11-19-8-1-4-13-23(19)22/h1-17H,18H2,(H,29,30)/b28-17+. The van der Waals surface area contributed by atoms with Crippen LogP contribution in [-0.2, 0) is 6.61 Å². The van der Waals surface area contributed by atoms with E-state index in [0.717, 1.165) is 16.5 Å². The molecule has 5 nitrogen and oxygen atoms in total. The van der Waals surface area contributed by atoms with E-state index in [-0.39, 0.29) is 5.76 Å². The van der Waals surface area contributed by atoms with E-state index in [2.05, 4.69) is 34.8 Å². The second kappa shape index (κ2) is 8.78. The third-order valence-corrected chi connectivity index (χ3v) is 5.20. The number of hydrazone groups is 1. The summed E-state index contributed by atoms with van der Waals surface area (Å²) in [7, 11) is 0. The maximum Gasteiger partial charge on any atom is 0.307 e. The zero-order valence-electron chi connectivity index (χ0n) is 17.2. The van der Waals surface area contributed by atoms with Crippen molar-refractivity contribution < 1.29 is 13.9 Å². The smallest absolute Gasteiger partial charge is 0.307 e. The Morgan fingerprint density at radius 1 is 0.875 bits per heavy atom. The molecule has 1 amide bonds. The van der Waals surface area contributed by atoms with Gasteiger partial charge in [0.05, 0.1) is 6.21 Å². The first kappa shape index (κ1) is 19.6. The molecule has 0 aliphatic carbocycles. The lowest BCUT2D eigenvalue weighted by atomic mass is 10.1. The highest BCUT2D eigenvalue weighted by molar-refractivity contribution is 5.96. The fourth-order valence-corrected chi connectivity index (χ4v) is 3.60. The number of hydrogen-bond donors (Lipinski definition) is 1. The van der Waals surface area contributed by atoms with Gasteiger partial charge in [-0.1, -0.05) is 72.8 Å². The second-order valence-electron chi connectivity index (χ2n) is 7.31. The molecule has 0 fully saturated rings. The van der Waals surface area contributed by atoms with Crippen molar-refractivity contribution in [1.29, 1.82) is 0 Å². The molecule has 4 aromatic carbocycles. The van der Waals surface area contributed by atoms with Gasteiger partial charge in [0.15, 0.2) is 5.76 Å². The minimum Gasteiger partial charge on any atom is -0.488 e. The fourth-order valence-electron chi connectivity index (χ4n) is 3.60. The quantitative estimate of drug-likeness (QED) is 0.274. The van der Waals surface area contributed by atoms with Crippen molar-refractivity contribution in [3.63, 3.8) is 0 Å². The van der Waals surface area contributed by atoms with Crippen LogP contribution >= 0.6 is 0 Å². The van der Waals surface area contributed by atoms with Gasteiger partial charge in [-0.3, -0.25) is 4.79 Å². The number of ether oxygens (including phenoxy) is 1. The Bertz CT molecular complexity index is 1400. The van der Waals surface area contributed by atoms with Crippen LogP contribution in [0, 0.1) is 0 Å². The molecule has 156 valence electrons. The van der Waals surface area contributed by atoms with Crippen LogP contribution in [0.25, 0.3) is 21.7 Å². The molecule has 1 N–H and O–H groups in total. The average molecular weight is 420 g/mol. The van der Waals surface area contributed by atoms with Crippen LogP contribution < -0.4 is 10.2 Å². The van der Waals surface area contributed by atoms with Gasteiger partial charge in [-0.25, -0.2) is 5.43 Å². The first-order chi connectivity index (χ1) is 15.8. The number of para-hydroxylation sites is 2. The lowest BCUT2D eigenvalue weighted by molar-refractivity contribution is 0.0929. The van der Waals surface area contributed by atoms with E-state index in [0.29, 0.717) is 17.9 Å². The van der Waals surface area contributed by atoms with E-state index < -0.39 is 5.91 Å². The van der Waals surface area contributed by atoms with Crippen molar-refractivity contribution in [2.24, 2.45) is 5.10 Å². The van der Waals surface area contributed by atoms with E-state index >= 15 is 0 Å². The highest BCUT2D eigenvalue weighted by atomic mass is 16.5. The van der Waals surface area contributed by atoms with Crippen LogP contribution in [-0.4, -0.2) is 12.1 Å². The van der Waals surface area contributed by atoms with E-state index in [9.17, 15) is 4.79 Å². The van der Waals surface area contributed by atoms with E-state index in [4.69, 9.17) is 9.15 Å². The van der Waals surface area contributed by atoms with Gasteiger partial charge in [0.25, 0.3) is 0 Å². The number of hydrogen-bond acceptors (Lipinski definition) is 4. The molecule has 0 aliphatic heterocycles. The molecule has 0 aliphatic rings. The van der Waals surface area contributed by atoms with Crippen molar-refractivity contribution in [1.82, 2.24) is 5.43 Å². The Morgan fingerprint density at radius 2 is 1.62 bits per heavy atom. The SMILES string of the molecule is O=C(N/N=C/c1ccccc1OCc1cccc2ccccc12)c1cc2ccccc2o1. The molecule has 0 spiro atoms. The van der Waals surface area contributed by atoms with Gasteiger partial charge in [0.1, 0.15) is 17.9 Å². The predicted molar refractivity (Wildman–Crippen MR) is 126 cm³/mol. The van der Waals surface area contributed by atoms with E-state index in [1.807, 2.05) is 66.7 Å². The molecule has 5 aromatic rings. The molecule has 5 rings (SSSR count). The van der Waals surface area contributed by atoms with Crippen LogP contribution in [0.3, 0.4) is 0 Å². The van der Waals surface area contributed by atoms with Gasteiger partial charge in [0, 0.05) is 10.9 Å². The normalized spacial score (nSPS) is 11.2. The predicted octanol–water partition coefficient (Wildman–Crippen LogP) is 5.93. The number of nitrogens with one attached hydrogen (secondary N) is 1. The molecule has 0 saturated carbocycles. The monoisotopic (exact) mass is 420 g/mol. The maximum atomic E-state index is 12.4. The Hall–Kier alpha value is -4.38. The molecule has 0 unspecified atom stereocenters. The van der Waals surface area contributed by atoms with Crippen molar-refractivity contribution in [3.8, 4) is 5.75 Å². The minimum atomic E-state index is -0.411. The van der Waals surface area contributed by atoms with Gasteiger partial charge in [-0.05, 0) is 40.6 Å². The molecule has 0 radical (unpaired) electrons. The summed E-state index contributed by atoms with van der Waals surface area (Å²) in [6, 6.07) is 31.1. The van der Waals surface area contributed by atoms with Gasteiger partial charge in [-0.2, -0.15) is 5.10 Å². The maximum absolute atomic E-state index is 12.4. The highest BCUT2D eigenvalue weighted by Gasteiger charge is 2.11. The highest BCUT2D eigenvalue weighted by Crippen LogP contribution is 2.22. The summed E-state index contributed by atoms with van der Waals surface area (Å²) in [6.45, 7) is 0.428. The Labute approximate surface area is 184 Å². The first-order valence-corrected chi connectivity index (χ1v) is 10.3. The number of rotatable bonds is 6. The van der Waals surface area contributed by atoms with Crippen LogP contribution in [0.5, 0.6) is 5.75 Å². The van der Waals surface area contributed by atoms with Crippen molar-refractivity contribution >= 4 is 33.9 Å². The van der Waals surface area contributed by atoms with Crippen LogP contribution in [0.15, 0.2) is 107 Å². The van der Waals surface area contributed by atoms with Crippen molar-refractivity contribution in [2.45, 2.75) is 6.61 Å². The average Bonchev–Trinajstić information content (AvgIpc) is 3.28. The number of carbonyl (C=O) groups is 1. The third-order valence-electron chi connectivity index (χ3n) is 5.20. The summed E-state index contributed by atoms with van der Waals surface area (Å²) in [6.07, 6.45) is 1.57. The van der Waals surface area contributed by atoms with Crippen molar-refractivity contribution in [3.05, 3.63) is 114 Å². The third kappa shape index (κ3) is 4.09. The number of carbonyl (C=O) groups excluding carboxylic acids is 1. The summed E-state index contributed by atoms with van der Waals surface area (Å²) in [5, 5.41) is 7.30. The minimum absolute atomic E-state index is 0.212. The van der Waals surface area contributed by atoms with Crippen molar-refractivity contribution in [2.75, 3.05) is 0 Å². The van der Waals surface area contributed by atoms with Crippen LogP contribution in [0.4, 0.5) is 0 Å². The fraction of sp³-hybridized carbons (Fsp3) is 0.0370. The molecular formula is C27H20N2O3. The molecule has 1 aromatic heterocycles. The lowest BCUT2D eigenvalue weighted by Gasteiger charge is -2.11. The molecule has 1 heterocycles. The van der Waals surface area contributed by atoms with Gasteiger partial charge in [-0.15, -0.1) is 0 Å². The summed E-state index contributed by atoms with van der Waals surface area (Å²) >= 11 is 0. The number of nitrogens with zero attached hydrogens (tertiary/aromatic N) is 1. The summed E-state index contributed by atoms with van der Waals surface area (Å²) < 4.78 is 11.7.